The summed E-state index contributed by atoms with van der Waals surface area (Å²) in [5.74, 6) is 1.50. The molecule has 2 heterocycles. The topological polar surface area (TPSA) is 55.5 Å². The Morgan fingerprint density at radius 2 is 1.93 bits per heavy atom. The van der Waals surface area contributed by atoms with Crippen molar-refractivity contribution in [2.45, 2.75) is 39.4 Å². The van der Waals surface area contributed by atoms with Gasteiger partial charge in [0.2, 0.25) is 0 Å². The molecule has 5 heteroatoms. The van der Waals surface area contributed by atoms with Gasteiger partial charge in [-0.1, -0.05) is 45.0 Å². The van der Waals surface area contributed by atoms with Crippen molar-refractivity contribution in [3.05, 3.63) is 70.7 Å². The van der Waals surface area contributed by atoms with Gasteiger partial charge >= 0.3 is 0 Å². The van der Waals surface area contributed by atoms with Gasteiger partial charge in [0.25, 0.3) is 0 Å². The molecule has 0 bridgehead atoms. The van der Waals surface area contributed by atoms with Crippen molar-refractivity contribution in [3.8, 4) is 16.5 Å². The van der Waals surface area contributed by atoms with Crippen LogP contribution in [0, 0.1) is 0 Å². The van der Waals surface area contributed by atoms with E-state index in [1.807, 2.05) is 42.5 Å². The van der Waals surface area contributed by atoms with Gasteiger partial charge in [-0.15, -0.1) is 11.3 Å². The van der Waals surface area contributed by atoms with E-state index in [-0.39, 0.29) is 12.0 Å². The second kappa shape index (κ2) is 7.41. The van der Waals surface area contributed by atoms with E-state index >= 15 is 0 Å². The molecule has 0 amide bonds. The molecule has 0 aliphatic heterocycles. The molecule has 0 aliphatic rings. The Balaban J connectivity index is 1.56. The summed E-state index contributed by atoms with van der Waals surface area (Å²) in [5.41, 5.74) is 3.76. The van der Waals surface area contributed by atoms with Crippen molar-refractivity contribution in [3.63, 3.8) is 0 Å². The lowest BCUT2D eigenvalue weighted by Crippen LogP contribution is -2.11. The highest BCUT2D eigenvalue weighted by molar-refractivity contribution is 7.13. The third-order valence-electron chi connectivity index (χ3n) is 4.60. The number of rotatable bonds is 5. The van der Waals surface area contributed by atoms with Crippen molar-refractivity contribution < 1.29 is 14.3 Å². The quantitative estimate of drug-likeness (QED) is 0.457. The number of aromatic nitrogens is 1. The highest BCUT2D eigenvalue weighted by Crippen LogP contribution is 2.33. The van der Waals surface area contributed by atoms with Crippen molar-refractivity contribution in [2.24, 2.45) is 0 Å². The molecule has 0 fully saturated rings. The minimum absolute atomic E-state index is 0.0239. The van der Waals surface area contributed by atoms with Crippen LogP contribution in [0.25, 0.3) is 21.7 Å². The summed E-state index contributed by atoms with van der Waals surface area (Å²) in [6, 6.07) is 15.6. The summed E-state index contributed by atoms with van der Waals surface area (Å²) in [5, 5.41) is 13.4. The Bertz CT molecular complexity index is 1100. The van der Waals surface area contributed by atoms with Gasteiger partial charge in [-0.25, -0.2) is 4.98 Å². The largest absolute Gasteiger partial charge is 0.489 e. The average Bonchev–Trinajstić information content (AvgIpc) is 3.32. The summed E-state index contributed by atoms with van der Waals surface area (Å²) in [6.45, 7) is 6.87. The minimum Gasteiger partial charge on any atom is -0.489 e. The summed E-state index contributed by atoms with van der Waals surface area (Å²) in [4.78, 5) is 4.74. The van der Waals surface area contributed by atoms with Gasteiger partial charge in [0.15, 0.2) is 10.8 Å². The Hall–Kier alpha value is -2.63. The van der Waals surface area contributed by atoms with Crippen LogP contribution in [0.2, 0.25) is 0 Å². The molecule has 4 aromatic rings. The number of fused-ring (bicyclic) bond motifs is 1. The van der Waals surface area contributed by atoms with Crippen LogP contribution in [0.15, 0.2) is 58.3 Å². The lowest BCUT2D eigenvalue weighted by Gasteiger charge is -2.13. The highest BCUT2D eigenvalue weighted by Gasteiger charge is 2.19. The molecule has 0 atom stereocenters. The number of furan rings is 1. The summed E-state index contributed by atoms with van der Waals surface area (Å²) < 4.78 is 11.9. The van der Waals surface area contributed by atoms with Gasteiger partial charge in [0.1, 0.15) is 17.9 Å². The van der Waals surface area contributed by atoms with Crippen LogP contribution in [-0.4, -0.2) is 10.1 Å². The molecule has 0 saturated heterocycles. The zero-order valence-electron chi connectivity index (χ0n) is 16.2. The Morgan fingerprint density at radius 3 is 2.68 bits per heavy atom. The van der Waals surface area contributed by atoms with Gasteiger partial charge in [0.05, 0.1) is 12.3 Å². The molecular weight excluding hydrogens is 370 g/mol. The van der Waals surface area contributed by atoms with Crippen molar-refractivity contribution in [2.75, 3.05) is 0 Å². The van der Waals surface area contributed by atoms with Crippen LogP contribution in [0.1, 0.15) is 37.6 Å². The Kier molecular flexibility index (Phi) is 4.96. The van der Waals surface area contributed by atoms with Crippen molar-refractivity contribution in [1.29, 1.82) is 0 Å². The number of para-hydroxylation sites is 1. The predicted molar refractivity (Wildman–Crippen MR) is 113 cm³/mol. The lowest BCUT2D eigenvalue weighted by molar-refractivity contribution is 0.259. The van der Waals surface area contributed by atoms with Crippen LogP contribution in [0.4, 0.5) is 0 Å². The zero-order chi connectivity index (χ0) is 19.7. The standard InChI is InChI=1S/C23H23NO3S/c1-23(2,3)21-14-28-22(24-21)20-11-17-10-15(8-9-19(17)27-20)13-26-18-7-5-4-6-16(18)12-25/h4-11,14,25H,12-13H2,1-3H3. The molecule has 2 aromatic carbocycles. The first-order chi connectivity index (χ1) is 13.4. The van der Waals surface area contributed by atoms with Crippen molar-refractivity contribution >= 4 is 22.3 Å². The van der Waals surface area contributed by atoms with E-state index in [4.69, 9.17) is 14.1 Å². The molecule has 1 N–H and O–H groups in total. The fourth-order valence-corrected chi connectivity index (χ4v) is 3.95. The van der Waals surface area contributed by atoms with E-state index in [1.165, 1.54) is 0 Å². The van der Waals surface area contributed by atoms with Gasteiger partial charge < -0.3 is 14.3 Å². The number of ether oxygens (including phenoxy) is 1. The predicted octanol–water partition coefficient (Wildman–Crippen LogP) is 5.93. The lowest BCUT2D eigenvalue weighted by atomic mass is 9.93. The third kappa shape index (κ3) is 3.81. The molecule has 4 nitrogen and oxygen atoms in total. The Labute approximate surface area is 168 Å². The number of benzene rings is 2. The highest BCUT2D eigenvalue weighted by atomic mass is 32.1. The van der Waals surface area contributed by atoms with Crippen LogP contribution >= 0.6 is 11.3 Å². The molecule has 2 aromatic heterocycles. The first-order valence-corrected chi connectivity index (χ1v) is 10.1. The number of hydrogen-bond donors (Lipinski definition) is 1. The molecule has 0 saturated carbocycles. The molecule has 0 unspecified atom stereocenters. The maximum atomic E-state index is 9.42. The van der Waals surface area contributed by atoms with Gasteiger partial charge in [-0.05, 0) is 29.8 Å². The maximum Gasteiger partial charge on any atom is 0.164 e. The SMILES string of the molecule is CC(C)(C)c1csc(-c2cc3cc(COc4ccccc4CO)ccc3o2)n1. The van der Waals surface area contributed by atoms with E-state index in [0.717, 1.165) is 38.6 Å². The third-order valence-corrected chi connectivity index (χ3v) is 5.46. The fraction of sp³-hybridized carbons (Fsp3) is 0.261. The van der Waals surface area contributed by atoms with E-state index in [2.05, 4.69) is 32.2 Å². The fourth-order valence-electron chi connectivity index (χ4n) is 2.96. The number of nitrogens with zero attached hydrogens (tertiary/aromatic N) is 1. The summed E-state index contributed by atoms with van der Waals surface area (Å²) in [7, 11) is 0. The second-order valence-electron chi connectivity index (χ2n) is 7.83. The number of aliphatic hydroxyl groups is 1. The van der Waals surface area contributed by atoms with Gasteiger partial charge in [-0.3, -0.25) is 0 Å². The number of aliphatic hydroxyl groups excluding tert-OH is 1. The summed E-state index contributed by atoms with van der Waals surface area (Å²) in [6.07, 6.45) is 0. The summed E-state index contributed by atoms with van der Waals surface area (Å²) >= 11 is 1.61. The first kappa shape index (κ1) is 18.7. The van der Waals surface area contributed by atoms with E-state index in [1.54, 1.807) is 11.3 Å². The van der Waals surface area contributed by atoms with Gasteiger partial charge in [-0.2, -0.15) is 0 Å². The number of thiazole rings is 1. The van der Waals surface area contributed by atoms with Crippen LogP contribution in [0.5, 0.6) is 5.75 Å². The monoisotopic (exact) mass is 393 g/mol. The average molecular weight is 394 g/mol. The smallest absolute Gasteiger partial charge is 0.164 e. The second-order valence-corrected chi connectivity index (χ2v) is 8.68. The van der Waals surface area contributed by atoms with E-state index in [0.29, 0.717) is 12.4 Å². The molecule has 0 aliphatic carbocycles. The first-order valence-electron chi connectivity index (χ1n) is 9.24. The molecule has 28 heavy (non-hydrogen) atoms. The van der Waals surface area contributed by atoms with E-state index in [9.17, 15) is 5.11 Å². The molecule has 0 radical (unpaired) electrons. The van der Waals surface area contributed by atoms with E-state index < -0.39 is 0 Å². The zero-order valence-corrected chi connectivity index (χ0v) is 17.0. The maximum absolute atomic E-state index is 9.42. The number of hydrogen-bond acceptors (Lipinski definition) is 5. The van der Waals surface area contributed by atoms with Crippen molar-refractivity contribution in [1.82, 2.24) is 4.98 Å². The van der Waals surface area contributed by atoms with Crippen LogP contribution < -0.4 is 4.74 Å². The van der Waals surface area contributed by atoms with Crippen LogP contribution in [-0.2, 0) is 18.6 Å². The minimum atomic E-state index is -0.0370. The molecule has 4 rings (SSSR count). The molecule has 0 spiro atoms. The van der Waals surface area contributed by atoms with Crippen LogP contribution in [0.3, 0.4) is 0 Å². The van der Waals surface area contributed by atoms with Gasteiger partial charge in [0, 0.05) is 21.7 Å². The molecule has 144 valence electrons. The Morgan fingerprint density at radius 1 is 1.11 bits per heavy atom. The molecular formula is C23H23NO3S. The normalized spacial score (nSPS) is 11.9.